The molecule has 1 unspecified atom stereocenters. The van der Waals surface area contributed by atoms with E-state index >= 15 is 0 Å². The Hall–Kier alpha value is -3.68. The van der Waals surface area contributed by atoms with Gasteiger partial charge in [0.1, 0.15) is 0 Å². The molecule has 5 nitrogen and oxygen atoms in total. The van der Waals surface area contributed by atoms with E-state index in [0.29, 0.717) is 11.9 Å². The van der Waals surface area contributed by atoms with Crippen LogP contribution in [-0.2, 0) is 10.0 Å². The van der Waals surface area contributed by atoms with Crippen molar-refractivity contribution in [3.05, 3.63) is 130 Å². The van der Waals surface area contributed by atoms with Crippen LogP contribution in [0.15, 0.2) is 124 Å². The summed E-state index contributed by atoms with van der Waals surface area (Å²) in [6, 6.07) is 32.8. The zero-order valence-corrected chi connectivity index (χ0v) is 22.5. The Morgan fingerprint density at radius 2 is 1.51 bits per heavy atom. The minimum atomic E-state index is -3.79. The lowest BCUT2D eigenvalue weighted by Crippen LogP contribution is -2.18. The van der Waals surface area contributed by atoms with E-state index in [1.807, 2.05) is 96.9 Å². The molecule has 7 heteroatoms. The normalized spacial score (nSPS) is 15.8. The first kappa shape index (κ1) is 23.7. The number of nitrogens with zero attached hydrogens (tertiary/aromatic N) is 3. The van der Waals surface area contributed by atoms with Crippen molar-refractivity contribution in [3.63, 3.8) is 0 Å². The van der Waals surface area contributed by atoms with Crippen LogP contribution in [0.3, 0.4) is 0 Å². The highest BCUT2D eigenvalue weighted by Crippen LogP contribution is 2.40. The van der Waals surface area contributed by atoms with Crippen LogP contribution in [0.4, 0.5) is 5.69 Å². The Kier molecular flexibility index (Phi) is 5.97. The summed E-state index contributed by atoms with van der Waals surface area (Å²) in [6.45, 7) is 1.94. The second-order valence-electron chi connectivity index (χ2n) is 9.14. The molecule has 37 heavy (non-hydrogen) atoms. The highest BCUT2D eigenvalue weighted by molar-refractivity contribution is 9.10. The standard InChI is InChI=1S/C30H24BrN3O2S/c1-21-15-17-23(18-16-21)37(35,36)33-20-26(24-11-6-8-14-29(24)33)28-19-30(25-12-5-7-13-27(25)31)34(32-28)22-9-3-2-4-10-22/h2-18,20,30H,19H2,1H3. The van der Waals surface area contributed by atoms with Gasteiger partial charge < -0.3 is 0 Å². The lowest BCUT2D eigenvalue weighted by Gasteiger charge is -2.24. The monoisotopic (exact) mass is 569 g/mol. The van der Waals surface area contributed by atoms with Gasteiger partial charge in [0, 0.05) is 28.0 Å². The fourth-order valence-electron chi connectivity index (χ4n) is 4.88. The first-order chi connectivity index (χ1) is 17.9. The van der Waals surface area contributed by atoms with Crippen LogP contribution in [0.1, 0.15) is 29.2 Å². The maximum Gasteiger partial charge on any atom is 0.268 e. The SMILES string of the molecule is Cc1ccc(S(=O)(=O)n2cc(C3=NN(c4ccccc4)C(c4ccccc4Br)C3)c3ccccc32)cc1. The largest absolute Gasteiger partial charge is 0.268 e. The maximum absolute atomic E-state index is 13.7. The molecule has 5 aromatic rings. The summed E-state index contributed by atoms with van der Waals surface area (Å²) in [5.74, 6) is 0. The molecule has 1 atom stereocenters. The van der Waals surface area contributed by atoms with Gasteiger partial charge in [-0.2, -0.15) is 5.10 Å². The topological polar surface area (TPSA) is 54.7 Å². The molecule has 0 fully saturated rings. The third-order valence-corrected chi connectivity index (χ3v) is 9.17. The number of aryl methyl sites for hydroxylation is 1. The van der Waals surface area contributed by atoms with Gasteiger partial charge in [-0.25, -0.2) is 12.4 Å². The van der Waals surface area contributed by atoms with Crippen LogP contribution in [0, 0.1) is 6.92 Å². The number of hydrazone groups is 1. The van der Waals surface area contributed by atoms with E-state index in [1.54, 1.807) is 18.3 Å². The van der Waals surface area contributed by atoms with Crippen molar-refractivity contribution >= 4 is 48.3 Å². The van der Waals surface area contributed by atoms with Gasteiger partial charge in [0.05, 0.1) is 27.9 Å². The first-order valence-corrected chi connectivity index (χ1v) is 14.3. The van der Waals surface area contributed by atoms with Gasteiger partial charge in [0.2, 0.25) is 0 Å². The van der Waals surface area contributed by atoms with E-state index in [0.717, 1.165) is 37.9 Å². The molecule has 0 aliphatic carbocycles. The van der Waals surface area contributed by atoms with Gasteiger partial charge >= 0.3 is 0 Å². The van der Waals surface area contributed by atoms with Crippen molar-refractivity contribution in [2.45, 2.75) is 24.3 Å². The van der Waals surface area contributed by atoms with Gasteiger partial charge in [-0.05, 0) is 48.9 Å². The second-order valence-corrected chi connectivity index (χ2v) is 11.8. The van der Waals surface area contributed by atoms with Crippen LogP contribution < -0.4 is 5.01 Å². The summed E-state index contributed by atoms with van der Waals surface area (Å²) >= 11 is 3.72. The number of para-hydroxylation sites is 2. The van der Waals surface area contributed by atoms with Crippen molar-refractivity contribution < 1.29 is 8.42 Å². The quantitative estimate of drug-likeness (QED) is 0.223. The summed E-state index contributed by atoms with van der Waals surface area (Å²) in [6.07, 6.45) is 2.36. The van der Waals surface area contributed by atoms with E-state index < -0.39 is 10.0 Å². The zero-order valence-electron chi connectivity index (χ0n) is 20.1. The molecule has 0 amide bonds. The molecule has 0 spiro atoms. The van der Waals surface area contributed by atoms with Gasteiger partial charge in [-0.1, -0.05) is 88.2 Å². The van der Waals surface area contributed by atoms with Crippen molar-refractivity contribution in [2.24, 2.45) is 5.10 Å². The van der Waals surface area contributed by atoms with Gasteiger partial charge in [0.25, 0.3) is 10.0 Å². The predicted octanol–water partition coefficient (Wildman–Crippen LogP) is 7.30. The molecular formula is C30H24BrN3O2S. The van der Waals surface area contributed by atoms with Gasteiger partial charge in [0.15, 0.2) is 0 Å². The number of fused-ring (bicyclic) bond motifs is 1. The molecular weight excluding hydrogens is 546 g/mol. The Labute approximate surface area is 224 Å². The van der Waals surface area contributed by atoms with Crippen molar-refractivity contribution in [2.75, 3.05) is 5.01 Å². The highest BCUT2D eigenvalue weighted by Gasteiger charge is 2.33. The molecule has 0 saturated carbocycles. The van der Waals surface area contributed by atoms with Gasteiger partial charge in [-0.3, -0.25) is 5.01 Å². The molecule has 1 aliphatic rings. The minimum absolute atomic E-state index is 0.0382. The van der Waals surface area contributed by atoms with E-state index in [2.05, 4.69) is 22.0 Å². The number of halogens is 1. The second kappa shape index (κ2) is 9.32. The average Bonchev–Trinajstić information content (AvgIpc) is 3.52. The molecule has 1 aromatic heterocycles. The zero-order chi connectivity index (χ0) is 25.6. The van der Waals surface area contributed by atoms with Crippen LogP contribution in [0.5, 0.6) is 0 Å². The molecule has 0 N–H and O–H groups in total. The summed E-state index contributed by atoms with van der Waals surface area (Å²) in [7, 11) is -3.79. The molecule has 4 aromatic carbocycles. The lowest BCUT2D eigenvalue weighted by molar-refractivity contribution is 0.589. The number of rotatable bonds is 5. The van der Waals surface area contributed by atoms with E-state index in [-0.39, 0.29) is 10.9 Å². The molecule has 6 rings (SSSR count). The van der Waals surface area contributed by atoms with Crippen LogP contribution >= 0.6 is 15.9 Å². The van der Waals surface area contributed by atoms with E-state index in [1.165, 1.54) is 3.97 Å². The fraction of sp³-hybridized carbons (Fsp3) is 0.100. The minimum Gasteiger partial charge on any atom is -0.257 e. The number of hydrogen-bond donors (Lipinski definition) is 0. The lowest BCUT2D eigenvalue weighted by atomic mass is 9.98. The highest BCUT2D eigenvalue weighted by atomic mass is 79.9. The molecule has 1 aliphatic heterocycles. The van der Waals surface area contributed by atoms with Crippen LogP contribution in [0.25, 0.3) is 10.9 Å². The molecule has 0 bridgehead atoms. The third kappa shape index (κ3) is 4.18. The Balaban J connectivity index is 1.51. The smallest absolute Gasteiger partial charge is 0.257 e. The number of aromatic nitrogens is 1. The number of hydrogen-bond acceptors (Lipinski definition) is 4. The first-order valence-electron chi connectivity index (χ1n) is 12.0. The molecule has 184 valence electrons. The summed E-state index contributed by atoms with van der Waals surface area (Å²) in [5, 5.41) is 7.98. The van der Waals surface area contributed by atoms with E-state index in [4.69, 9.17) is 5.10 Å². The Bertz CT molecular complexity index is 1740. The van der Waals surface area contributed by atoms with Crippen LogP contribution in [-0.4, -0.2) is 18.1 Å². The van der Waals surface area contributed by atoms with E-state index in [9.17, 15) is 8.42 Å². The molecule has 0 saturated heterocycles. The van der Waals surface area contributed by atoms with Gasteiger partial charge in [-0.15, -0.1) is 0 Å². The van der Waals surface area contributed by atoms with Crippen LogP contribution in [0.2, 0.25) is 0 Å². The Morgan fingerprint density at radius 3 is 2.27 bits per heavy atom. The molecule has 0 radical (unpaired) electrons. The summed E-state index contributed by atoms with van der Waals surface area (Å²) in [4.78, 5) is 0.260. The predicted molar refractivity (Wildman–Crippen MR) is 153 cm³/mol. The van der Waals surface area contributed by atoms with Crippen molar-refractivity contribution in [1.82, 2.24) is 3.97 Å². The number of benzene rings is 4. The van der Waals surface area contributed by atoms with Crippen molar-refractivity contribution in [3.8, 4) is 0 Å². The summed E-state index contributed by atoms with van der Waals surface area (Å²) in [5.41, 5.74) is 5.42. The average molecular weight is 571 g/mol. The fourth-order valence-corrected chi connectivity index (χ4v) is 6.80. The Morgan fingerprint density at radius 1 is 0.838 bits per heavy atom. The number of anilines is 1. The van der Waals surface area contributed by atoms with Crippen molar-refractivity contribution in [1.29, 1.82) is 0 Å². The third-order valence-electron chi connectivity index (χ3n) is 6.76. The summed E-state index contributed by atoms with van der Waals surface area (Å²) < 4.78 is 29.8. The maximum atomic E-state index is 13.7. The molecule has 2 heterocycles.